The van der Waals surface area contributed by atoms with E-state index in [-0.39, 0.29) is 33.4 Å². The van der Waals surface area contributed by atoms with Crippen LogP contribution in [0.25, 0.3) is 5.57 Å². The van der Waals surface area contributed by atoms with E-state index in [1.807, 2.05) is 18.2 Å². The Bertz CT molecular complexity index is 1520. The molecule has 0 bridgehead atoms. The van der Waals surface area contributed by atoms with Crippen molar-refractivity contribution in [3.63, 3.8) is 0 Å². The SMILES string of the molecule is CC(C)C1=C2[C@H]3CC[C@@H]4[C@@]5(C)CC=C(c6ccccc6C(=O)O)C(C)(C)[C@@H]5CC[C@@]4(C)[C@]3(C)CC[C@@]2([C@@H](O)CNCCN(C)C)CC1=O. The molecule has 5 aliphatic carbocycles. The summed E-state index contributed by atoms with van der Waals surface area (Å²) >= 11 is 0. The number of nitrogens with one attached hydrogen (secondary N) is 1. The van der Waals surface area contributed by atoms with Crippen LogP contribution in [0.15, 0.2) is 41.5 Å². The van der Waals surface area contributed by atoms with Crippen molar-refractivity contribution < 1.29 is 19.8 Å². The molecule has 5 aliphatic rings. The topological polar surface area (TPSA) is 89.9 Å². The van der Waals surface area contributed by atoms with Gasteiger partial charge < -0.3 is 20.4 Å². The average Bonchev–Trinajstić information content (AvgIpc) is 3.32. The van der Waals surface area contributed by atoms with Gasteiger partial charge in [-0.1, -0.05) is 78.3 Å². The molecule has 3 saturated carbocycles. The molecule has 0 spiro atoms. The van der Waals surface area contributed by atoms with Gasteiger partial charge in [0.25, 0.3) is 0 Å². The minimum Gasteiger partial charge on any atom is -0.478 e. The molecule has 0 radical (unpaired) electrons. The van der Waals surface area contributed by atoms with Crippen molar-refractivity contribution in [3.8, 4) is 0 Å². The van der Waals surface area contributed by atoms with Gasteiger partial charge in [-0.3, -0.25) is 4.79 Å². The lowest BCUT2D eigenvalue weighted by molar-refractivity contribution is -0.200. The maximum Gasteiger partial charge on any atom is 0.336 e. The number of ketones is 1. The monoisotopic (exact) mass is 658 g/mol. The summed E-state index contributed by atoms with van der Waals surface area (Å²) in [6.45, 7) is 19.0. The van der Waals surface area contributed by atoms with Gasteiger partial charge >= 0.3 is 5.97 Å². The summed E-state index contributed by atoms with van der Waals surface area (Å²) in [6.07, 6.45) is 9.62. The van der Waals surface area contributed by atoms with E-state index < -0.39 is 17.5 Å². The lowest BCUT2D eigenvalue weighted by Crippen LogP contribution is -2.64. The number of carboxylic acids is 1. The molecule has 6 rings (SSSR count). The highest BCUT2D eigenvalue weighted by Gasteiger charge is 2.70. The minimum absolute atomic E-state index is 0.0373. The van der Waals surface area contributed by atoms with E-state index in [2.05, 4.69) is 78.9 Å². The number of carboxylic acid groups (broad SMARTS) is 1. The van der Waals surface area contributed by atoms with Gasteiger partial charge in [-0.05, 0) is 127 Å². The Hall–Kier alpha value is -2.28. The van der Waals surface area contributed by atoms with Gasteiger partial charge in [0.15, 0.2) is 5.78 Å². The molecule has 0 unspecified atom stereocenters. The van der Waals surface area contributed by atoms with Crippen LogP contribution < -0.4 is 5.32 Å². The van der Waals surface area contributed by atoms with Crippen LogP contribution in [0.1, 0.15) is 116 Å². The van der Waals surface area contributed by atoms with Crippen LogP contribution >= 0.6 is 0 Å². The molecule has 264 valence electrons. The average molecular weight is 659 g/mol. The Morgan fingerprint density at radius 1 is 0.979 bits per heavy atom. The van der Waals surface area contributed by atoms with Crippen molar-refractivity contribution in [1.29, 1.82) is 0 Å². The molecule has 48 heavy (non-hydrogen) atoms. The number of rotatable bonds is 9. The van der Waals surface area contributed by atoms with Crippen LogP contribution in [-0.4, -0.2) is 66.7 Å². The first-order chi connectivity index (χ1) is 22.5. The molecule has 8 atom stereocenters. The number of fused-ring (bicyclic) bond motifs is 7. The predicted octanol–water partition coefficient (Wildman–Crippen LogP) is 7.87. The van der Waals surface area contributed by atoms with Gasteiger partial charge in [-0.2, -0.15) is 0 Å². The first kappa shape index (κ1) is 35.5. The highest BCUT2D eigenvalue weighted by atomic mass is 16.4. The van der Waals surface area contributed by atoms with Crippen LogP contribution in [0.3, 0.4) is 0 Å². The molecule has 3 N–H and O–H groups in total. The van der Waals surface area contributed by atoms with Crippen molar-refractivity contribution in [2.24, 2.45) is 50.7 Å². The second-order valence-corrected chi connectivity index (χ2v) is 18.3. The molecule has 6 nitrogen and oxygen atoms in total. The van der Waals surface area contributed by atoms with Crippen molar-refractivity contribution in [2.75, 3.05) is 33.7 Å². The Kier molecular flexibility index (Phi) is 9.03. The Morgan fingerprint density at radius 2 is 1.69 bits per heavy atom. The van der Waals surface area contributed by atoms with Gasteiger partial charge in [0.2, 0.25) is 0 Å². The summed E-state index contributed by atoms with van der Waals surface area (Å²) in [5.41, 5.74) is 4.44. The molecule has 0 amide bonds. The molecule has 0 aromatic heterocycles. The summed E-state index contributed by atoms with van der Waals surface area (Å²) in [5, 5.41) is 25.6. The first-order valence-electron chi connectivity index (χ1n) is 18.8. The number of likely N-dealkylation sites (N-methyl/N-ethyl adjacent to an activating group) is 1. The molecule has 6 heteroatoms. The number of hydrogen-bond acceptors (Lipinski definition) is 5. The fourth-order valence-corrected chi connectivity index (χ4v) is 12.8. The van der Waals surface area contributed by atoms with E-state index in [1.54, 1.807) is 6.07 Å². The smallest absolute Gasteiger partial charge is 0.336 e. The van der Waals surface area contributed by atoms with E-state index in [9.17, 15) is 19.8 Å². The third-order valence-electron chi connectivity index (χ3n) is 15.2. The van der Waals surface area contributed by atoms with E-state index in [0.29, 0.717) is 36.3 Å². The third kappa shape index (κ3) is 5.05. The van der Waals surface area contributed by atoms with Crippen LogP contribution in [0.2, 0.25) is 0 Å². The van der Waals surface area contributed by atoms with Gasteiger partial charge in [0, 0.05) is 31.5 Å². The number of benzene rings is 1. The lowest BCUT2D eigenvalue weighted by atomic mass is 9.33. The number of nitrogens with zero attached hydrogens (tertiary/aromatic N) is 1. The van der Waals surface area contributed by atoms with Gasteiger partial charge in [-0.15, -0.1) is 0 Å². The maximum absolute atomic E-state index is 13.9. The molecule has 1 aromatic rings. The third-order valence-corrected chi connectivity index (χ3v) is 15.2. The molecular formula is C42H62N2O4. The van der Waals surface area contributed by atoms with E-state index in [1.165, 1.54) is 11.1 Å². The highest BCUT2D eigenvalue weighted by Crippen LogP contribution is 2.77. The van der Waals surface area contributed by atoms with Crippen molar-refractivity contribution in [3.05, 3.63) is 52.6 Å². The maximum atomic E-state index is 13.9. The number of carbonyl (C=O) groups is 2. The fraction of sp³-hybridized carbons (Fsp3) is 0.714. The largest absolute Gasteiger partial charge is 0.478 e. The Morgan fingerprint density at radius 3 is 2.35 bits per heavy atom. The van der Waals surface area contributed by atoms with Crippen LogP contribution in [0.5, 0.6) is 0 Å². The van der Waals surface area contributed by atoms with E-state index >= 15 is 0 Å². The zero-order valence-corrected chi connectivity index (χ0v) is 31.2. The zero-order chi connectivity index (χ0) is 35.0. The minimum atomic E-state index is -0.860. The lowest BCUT2D eigenvalue weighted by Gasteiger charge is -2.71. The van der Waals surface area contributed by atoms with Crippen molar-refractivity contribution in [2.45, 2.75) is 106 Å². The van der Waals surface area contributed by atoms with Crippen molar-refractivity contribution >= 4 is 17.3 Å². The Balaban J connectivity index is 1.37. The number of Topliss-reactive ketones (excluding diaryl/α,β-unsaturated/α-hetero) is 1. The van der Waals surface area contributed by atoms with Gasteiger partial charge in [0.05, 0.1) is 11.7 Å². The van der Waals surface area contributed by atoms with Crippen molar-refractivity contribution in [1.82, 2.24) is 10.2 Å². The van der Waals surface area contributed by atoms with Gasteiger partial charge in [0.1, 0.15) is 0 Å². The molecule has 0 heterocycles. The molecule has 0 saturated heterocycles. The number of aromatic carboxylic acids is 1. The summed E-state index contributed by atoms with van der Waals surface area (Å²) in [7, 11) is 4.13. The second-order valence-electron chi connectivity index (χ2n) is 18.3. The second kappa shape index (κ2) is 12.2. The fourth-order valence-electron chi connectivity index (χ4n) is 12.8. The normalized spacial score (nSPS) is 37.9. The van der Waals surface area contributed by atoms with E-state index in [4.69, 9.17) is 0 Å². The van der Waals surface area contributed by atoms with Crippen LogP contribution in [0, 0.1) is 50.7 Å². The van der Waals surface area contributed by atoms with Crippen LogP contribution in [-0.2, 0) is 4.79 Å². The first-order valence-corrected chi connectivity index (χ1v) is 18.8. The summed E-state index contributed by atoms with van der Waals surface area (Å²) < 4.78 is 0. The summed E-state index contributed by atoms with van der Waals surface area (Å²) in [4.78, 5) is 28.4. The number of allylic oxidation sites excluding steroid dienone is 3. The Labute approximate surface area is 289 Å². The summed E-state index contributed by atoms with van der Waals surface area (Å²) in [6, 6.07) is 7.55. The van der Waals surface area contributed by atoms with Crippen LogP contribution in [0.4, 0.5) is 0 Å². The van der Waals surface area contributed by atoms with E-state index in [0.717, 1.165) is 69.2 Å². The quantitative estimate of drug-likeness (QED) is 0.234. The molecule has 1 aromatic carbocycles. The number of aliphatic hydroxyl groups is 1. The van der Waals surface area contributed by atoms with Gasteiger partial charge in [-0.25, -0.2) is 4.79 Å². The highest BCUT2D eigenvalue weighted by molar-refractivity contribution is 6.01. The number of hydrogen-bond donors (Lipinski definition) is 3. The summed E-state index contributed by atoms with van der Waals surface area (Å²) in [5.74, 6) is 0.844. The molecule has 3 fully saturated rings. The standard InChI is InChI=1S/C42H62N2O4/c1-26(2)35-31(45)24-42(34(46)25-43-22-23-44(8)9)21-20-40(6)30(36(35)42)14-15-33-39(5)18-16-29(27-12-10-11-13-28(27)37(47)48)38(3,4)32(39)17-19-41(33,40)7/h10-13,16,26,30,32-34,43,46H,14-15,17-25H2,1-9H3,(H,47,48)/t30-,32+,33-,34+,39+,40-,41-,42+/m1/s1. The number of carbonyl (C=O) groups excluding carboxylic acids is 1. The molecular weight excluding hydrogens is 596 g/mol. The molecule has 0 aliphatic heterocycles. The zero-order valence-electron chi connectivity index (χ0n) is 31.2. The predicted molar refractivity (Wildman–Crippen MR) is 194 cm³/mol. The number of aliphatic hydroxyl groups excluding tert-OH is 1.